The van der Waals surface area contributed by atoms with Crippen LogP contribution in [0.5, 0.6) is 0 Å². The van der Waals surface area contributed by atoms with Gasteiger partial charge in [0.05, 0.1) is 17.4 Å². The van der Waals surface area contributed by atoms with Crippen LogP contribution in [0.1, 0.15) is 46.5 Å². The molecular formula is C14H25NO4. The maximum absolute atomic E-state index is 12.1. The molecule has 0 bridgehead atoms. The number of hydrogen-bond acceptors (Lipinski definition) is 3. The van der Waals surface area contributed by atoms with Gasteiger partial charge in [0, 0.05) is 13.2 Å². The molecule has 5 heteroatoms. The highest BCUT2D eigenvalue weighted by atomic mass is 16.5. The Morgan fingerprint density at radius 3 is 2.47 bits per heavy atom. The molecule has 1 amide bonds. The maximum atomic E-state index is 12.1. The van der Waals surface area contributed by atoms with Gasteiger partial charge in [0.1, 0.15) is 0 Å². The van der Waals surface area contributed by atoms with Gasteiger partial charge in [-0.1, -0.05) is 13.8 Å². The molecule has 0 radical (unpaired) electrons. The van der Waals surface area contributed by atoms with Gasteiger partial charge in [0.25, 0.3) is 0 Å². The van der Waals surface area contributed by atoms with Gasteiger partial charge in [-0.15, -0.1) is 0 Å². The van der Waals surface area contributed by atoms with E-state index >= 15 is 0 Å². The Hall–Kier alpha value is -1.10. The summed E-state index contributed by atoms with van der Waals surface area (Å²) in [5, 5.41) is 12.1. The van der Waals surface area contributed by atoms with Crippen LogP contribution in [0.3, 0.4) is 0 Å². The van der Waals surface area contributed by atoms with Gasteiger partial charge < -0.3 is 15.2 Å². The minimum absolute atomic E-state index is 0.0836. The summed E-state index contributed by atoms with van der Waals surface area (Å²) in [5.41, 5.74) is -0.853. The monoisotopic (exact) mass is 271 g/mol. The van der Waals surface area contributed by atoms with Crippen molar-refractivity contribution in [3.8, 4) is 0 Å². The Morgan fingerprint density at radius 2 is 2.00 bits per heavy atom. The Bertz CT molecular complexity index is 325. The van der Waals surface area contributed by atoms with E-state index in [4.69, 9.17) is 4.74 Å². The number of aliphatic carboxylic acids is 1. The average molecular weight is 271 g/mol. The van der Waals surface area contributed by atoms with Crippen molar-refractivity contribution in [2.75, 3.05) is 13.2 Å². The third-order valence-electron chi connectivity index (χ3n) is 4.35. The van der Waals surface area contributed by atoms with Crippen molar-refractivity contribution in [1.82, 2.24) is 5.32 Å². The molecule has 0 spiro atoms. The summed E-state index contributed by atoms with van der Waals surface area (Å²) in [5.74, 6) is -1.08. The number of carbonyl (C=O) groups excluding carboxylic acids is 1. The van der Waals surface area contributed by atoms with Crippen molar-refractivity contribution >= 4 is 11.9 Å². The predicted molar refractivity (Wildman–Crippen MR) is 71.8 cm³/mol. The van der Waals surface area contributed by atoms with E-state index in [-0.39, 0.29) is 24.5 Å². The fourth-order valence-electron chi connectivity index (χ4n) is 2.53. The molecule has 5 nitrogen and oxygen atoms in total. The van der Waals surface area contributed by atoms with Gasteiger partial charge >= 0.3 is 5.97 Å². The fourth-order valence-corrected chi connectivity index (χ4v) is 2.53. The number of rotatable bonds is 6. The third kappa shape index (κ3) is 3.69. The van der Waals surface area contributed by atoms with Crippen molar-refractivity contribution in [1.29, 1.82) is 0 Å². The number of carboxylic acid groups (broad SMARTS) is 1. The second kappa shape index (κ2) is 6.89. The summed E-state index contributed by atoms with van der Waals surface area (Å²) in [7, 11) is 0. The number of nitrogens with one attached hydrogen (secondary N) is 1. The maximum Gasteiger partial charge on any atom is 0.311 e. The first kappa shape index (κ1) is 16.0. The summed E-state index contributed by atoms with van der Waals surface area (Å²) in [4.78, 5) is 23.5. The molecule has 2 unspecified atom stereocenters. The van der Waals surface area contributed by atoms with Crippen LogP contribution in [0.15, 0.2) is 0 Å². The molecule has 1 heterocycles. The third-order valence-corrected chi connectivity index (χ3v) is 4.35. The fraction of sp³-hybridized carbons (Fsp3) is 0.857. The summed E-state index contributed by atoms with van der Waals surface area (Å²) >= 11 is 0. The van der Waals surface area contributed by atoms with E-state index < -0.39 is 11.4 Å². The molecule has 19 heavy (non-hydrogen) atoms. The largest absolute Gasteiger partial charge is 0.481 e. The number of ether oxygens (including phenoxy) is 1. The normalized spacial score (nSPS) is 23.9. The predicted octanol–water partition coefficient (Wildman–Crippen LogP) is 1.81. The van der Waals surface area contributed by atoms with Crippen molar-refractivity contribution in [2.45, 2.75) is 52.6 Å². The molecule has 110 valence electrons. The summed E-state index contributed by atoms with van der Waals surface area (Å²) in [6.45, 7) is 6.48. The molecule has 2 N–H and O–H groups in total. The Morgan fingerprint density at radius 1 is 1.37 bits per heavy atom. The van der Waals surface area contributed by atoms with Crippen LogP contribution in [0.4, 0.5) is 0 Å². The Kier molecular flexibility index (Phi) is 5.79. The van der Waals surface area contributed by atoms with Crippen molar-refractivity contribution in [2.24, 2.45) is 11.3 Å². The van der Waals surface area contributed by atoms with Gasteiger partial charge in [-0.2, -0.15) is 0 Å². The number of carbonyl (C=O) groups is 2. The van der Waals surface area contributed by atoms with E-state index in [0.717, 1.165) is 12.8 Å². The van der Waals surface area contributed by atoms with Gasteiger partial charge in [-0.3, -0.25) is 9.59 Å². The zero-order valence-corrected chi connectivity index (χ0v) is 12.1. The van der Waals surface area contributed by atoms with Crippen molar-refractivity contribution in [3.63, 3.8) is 0 Å². The van der Waals surface area contributed by atoms with Crippen LogP contribution >= 0.6 is 0 Å². The number of carboxylic acids is 1. The quantitative estimate of drug-likeness (QED) is 0.772. The van der Waals surface area contributed by atoms with Crippen LogP contribution < -0.4 is 5.32 Å². The van der Waals surface area contributed by atoms with Crippen LogP contribution in [0.25, 0.3) is 0 Å². The molecule has 0 aromatic rings. The lowest BCUT2D eigenvalue weighted by Gasteiger charge is -2.31. The average Bonchev–Trinajstić information content (AvgIpc) is 2.40. The SMILES string of the molecule is CCC(CC)(CNC(=O)C1CCCOC1C)C(=O)O. The minimum Gasteiger partial charge on any atom is -0.481 e. The van der Waals surface area contributed by atoms with Gasteiger partial charge in [-0.05, 0) is 32.6 Å². The number of hydrogen-bond donors (Lipinski definition) is 2. The Labute approximate surface area is 114 Å². The van der Waals surface area contributed by atoms with Crippen LogP contribution in [0.2, 0.25) is 0 Å². The highest BCUT2D eigenvalue weighted by Gasteiger charge is 2.36. The Balaban J connectivity index is 2.59. The van der Waals surface area contributed by atoms with Crippen LogP contribution in [-0.4, -0.2) is 36.2 Å². The van der Waals surface area contributed by atoms with E-state index in [9.17, 15) is 14.7 Å². The van der Waals surface area contributed by atoms with E-state index in [2.05, 4.69) is 5.32 Å². The summed E-state index contributed by atoms with van der Waals surface area (Å²) < 4.78 is 5.47. The molecule has 0 aliphatic carbocycles. The summed E-state index contributed by atoms with van der Waals surface area (Å²) in [6.07, 6.45) is 2.63. The topological polar surface area (TPSA) is 75.6 Å². The zero-order valence-electron chi connectivity index (χ0n) is 12.1. The zero-order chi connectivity index (χ0) is 14.5. The second-order valence-corrected chi connectivity index (χ2v) is 5.34. The molecule has 2 atom stereocenters. The second-order valence-electron chi connectivity index (χ2n) is 5.34. The molecule has 0 aromatic heterocycles. The first-order chi connectivity index (χ1) is 8.96. The highest BCUT2D eigenvalue weighted by molar-refractivity contribution is 5.81. The van der Waals surface area contributed by atoms with Crippen LogP contribution in [0, 0.1) is 11.3 Å². The lowest BCUT2D eigenvalue weighted by atomic mass is 9.82. The van der Waals surface area contributed by atoms with E-state index in [1.807, 2.05) is 20.8 Å². The molecule has 0 aromatic carbocycles. The molecule has 0 saturated carbocycles. The molecular weight excluding hydrogens is 246 g/mol. The van der Waals surface area contributed by atoms with Gasteiger partial charge in [0.15, 0.2) is 0 Å². The molecule has 1 aliphatic heterocycles. The van der Waals surface area contributed by atoms with Gasteiger partial charge in [0.2, 0.25) is 5.91 Å². The highest BCUT2D eigenvalue weighted by Crippen LogP contribution is 2.26. The number of amides is 1. The van der Waals surface area contributed by atoms with E-state index in [0.29, 0.717) is 19.4 Å². The lowest BCUT2D eigenvalue weighted by molar-refractivity contribution is -0.149. The minimum atomic E-state index is -0.853. The molecule has 1 saturated heterocycles. The van der Waals surface area contributed by atoms with Gasteiger partial charge in [-0.25, -0.2) is 0 Å². The van der Waals surface area contributed by atoms with Crippen molar-refractivity contribution in [3.05, 3.63) is 0 Å². The van der Waals surface area contributed by atoms with Crippen molar-refractivity contribution < 1.29 is 19.4 Å². The molecule has 1 rings (SSSR count). The first-order valence-corrected chi connectivity index (χ1v) is 7.09. The van der Waals surface area contributed by atoms with E-state index in [1.54, 1.807) is 0 Å². The van der Waals surface area contributed by atoms with Crippen LogP contribution in [-0.2, 0) is 14.3 Å². The lowest BCUT2D eigenvalue weighted by Crippen LogP contribution is -2.47. The summed E-state index contributed by atoms with van der Waals surface area (Å²) in [6, 6.07) is 0. The molecule has 1 aliphatic rings. The first-order valence-electron chi connectivity index (χ1n) is 7.09. The molecule has 1 fully saturated rings. The standard InChI is InChI=1S/C14H25NO4/c1-4-14(5-2,13(17)18)9-15-12(16)11-7-6-8-19-10(11)3/h10-11H,4-9H2,1-3H3,(H,15,16)(H,17,18). The van der Waals surface area contributed by atoms with E-state index in [1.165, 1.54) is 0 Å². The smallest absolute Gasteiger partial charge is 0.311 e.